The SMILES string of the molecule is C[NH+](C)[C@@H](CNS(=O)(=O)c1ccc2ccccc2c1)c1cccc2ccccc12. The van der Waals surface area contributed by atoms with Gasteiger partial charge in [0.05, 0.1) is 25.5 Å². The maximum absolute atomic E-state index is 13.0. The smallest absolute Gasteiger partial charge is 0.240 e. The molecule has 0 radical (unpaired) electrons. The molecule has 0 saturated carbocycles. The third-order valence-corrected chi connectivity index (χ3v) is 6.83. The Morgan fingerprint density at radius 3 is 2.21 bits per heavy atom. The molecular formula is C24H25N2O2S+. The number of benzene rings is 4. The Bertz CT molecular complexity index is 1260. The molecule has 0 aliphatic heterocycles. The van der Waals surface area contributed by atoms with Gasteiger partial charge in [-0.15, -0.1) is 0 Å². The molecule has 0 bridgehead atoms. The van der Waals surface area contributed by atoms with Crippen LogP contribution in [0.2, 0.25) is 0 Å². The van der Waals surface area contributed by atoms with Gasteiger partial charge in [-0.05, 0) is 33.7 Å². The van der Waals surface area contributed by atoms with Gasteiger partial charge in [-0.2, -0.15) is 0 Å². The van der Waals surface area contributed by atoms with Gasteiger partial charge in [0.25, 0.3) is 0 Å². The van der Waals surface area contributed by atoms with Crippen LogP contribution in [0, 0.1) is 0 Å². The van der Waals surface area contributed by atoms with Crippen LogP contribution in [0.1, 0.15) is 11.6 Å². The van der Waals surface area contributed by atoms with E-state index in [0.29, 0.717) is 11.4 Å². The van der Waals surface area contributed by atoms with Gasteiger partial charge in [-0.25, -0.2) is 13.1 Å². The molecule has 0 aromatic heterocycles. The van der Waals surface area contributed by atoms with E-state index in [1.165, 1.54) is 4.90 Å². The highest BCUT2D eigenvalue weighted by Gasteiger charge is 2.23. The van der Waals surface area contributed by atoms with E-state index in [9.17, 15) is 8.42 Å². The molecule has 2 N–H and O–H groups in total. The highest BCUT2D eigenvalue weighted by Crippen LogP contribution is 2.23. The second-order valence-corrected chi connectivity index (χ2v) is 9.33. The average molecular weight is 406 g/mol. The minimum atomic E-state index is -3.60. The minimum Gasteiger partial charge on any atom is -0.333 e. The molecule has 0 fully saturated rings. The van der Waals surface area contributed by atoms with Crippen molar-refractivity contribution in [1.82, 2.24) is 4.72 Å². The Morgan fingerprint density at radius 2 is 1.45 bits per heavy atom. The van der Waals surface area contributed by atoms with Crippen LogP contribution in [-0.4, -0.2) is 29.1 Å². The van der Waals surface area contributed by atoms with Crippen LogP contribution in [0.25, 0.3) is 21.5 Å². The van der Waals surface area contributed by atoms with E-state index in [-0.39, 0.29) is 6.04 Å². The number of sulfonamides is 1. The van der Waals surface area contributed by atoms with Crippen molar-refractivity contribution >= 4 is 31.6 Å². The zero-order chi connectivity index (χ0) is 20.4. The van der Waals surface area contributed by atoms with Crippen molar-refractivity contribution in [3.05, 3.63) is 90.5 Å². The third kappa shape index (κ3) is 4.03. The highest BCUT2D eigenvalue weighted by atomic mass is 32.2. The Labute approximate surface area is 171 Å². The molecule has 4 rings (SSSR count). The summed E-state index contributed by atoms with van der Waals surface area (Å²) in [6, 6.07) is 27.4. The van der Waals surface area contributed by atoms with E-state index < -0.39 is 10.0 Å². The summed E-state index contributed by atoms with van der Waals surface area (Å²) in [4.78, 5) is 1.46. The van der Waals surface area contributed by atoms with E-state index in [1.807, 2.05) is 48.5 Å². The number of likely N-dealkylation sites (N-methyl/N-ethyl adjacent to an activating group) is 1. The molecule has 0 heterocycles. The van der Waals surface area contributed by atoms with Crippen LogP contribution < -0.4 is 9.62 Å². The van der Waals surface area contributed by atoms with Crippen molar-refractivity contribution in [1.29, 1.82) is 0 Å². The minimum absolute atomic E-state index is 0.00340. The van der Waals surface area contributed by atoms with E-state index in [4.69, 9.17) is 0 Å². The number of hydrogen-bond acceptors (Lipinski definition) is 2. The fourth-order valence-corrected chi connectivity index (χ4v) is 4.87. The lowest BCUT2D eigenvalue weighted by atomic mass is 9.98. The monoisotopic (exact) mass is 405 g/mol. The lowest BCUT2D eigenvalue weighted by Crippen LogP contribution is -3.07. The van der Waals surface area contributed by atoms with Gasteiger partial charge in [-0.3, -0.25) is 0 Å². The third-order valence-electron chi connectivity index (χ3n) is 5.40. The fourth-order valence-electron chi connectivity index (χ4n) is 3.79. The Hall–Kier alpha value is -2.73. The number of rotatable bonds is 6. The van der Waals surface area contributed by atoms with E-state index in [2.05, 4.69) is 43.1 Å². The van der Waals surface area contributed by atoms with Gasteiger partial charge in [0, 0.05) is 5.56 Å². The molecule has 0 spiro atoms. The van der Waals surface area contributed by atoms with Crippen molar-refractivity contribution in [3.8, 4) is 0 Å². The van der Waals surface area contributed by atoms with Gasteiger partial charge < -0.3 is 4.90 Å². The van der Waals surface area contributed by atoms with Crippen LogP contribution in [0.4, 0.5) is 0 Å². The number of fused-ring (bicyclic) bond motifs is 2. The highest BCUT2D eigenvalue weighted by molar-refractivity contribution is 7.89. The molecule has 4 aromatic rings. The Morgan fingerprint density at radius 1 is 0.793 bits per heavy atom. The zero-order valence-electron chi connectivity index (χ0n) is 16.6. The Balaban J connectivity index is 1.63. The summed E-state index contributed by atoms with van der Waals surface area (Å²) in [6.07, 6.45) is 0. The number of quaternary nitrogens is 1. The average Bonchev–Trinajstić information content (AvgIpc) is 2.73. The summed E-state index contributed by atoms with van der Waals surface area (Å²) < 4.78 is 28.8. The molecule has 0 unspecified atom stereocenters. The van der Waals surface area contributed by atoms with Gasteiger partial charge in [0.2, 0.25) is 10.0 Å². The summed E-state index contributed by atoms with van der Waals surface area (Å²) >= 11 is 0. The maximum atomic E-state index is 13.0. The van der Waals surface area contributed by atoms with Gasteiger partial charge >= 0.3 is 0 Å². The van der Waals surface area contributed by atoms with E-state index in [1.54, 1.807) is 12.1 Å². The molecule has 4 nitrogen and oxygen atoms in total. The molecule has 0 aliphatic rings. The quantitative estimate of drug-likeness (QED) is 0.518. The number of hydrogen-bond donors (Lipinski definition) is 2. The number of nitrogens with one attached hydrogen (secondary N) is 2. The molecule has 29 heavy (non-hydrogen) atoms. The molecule has 4 aromatic carbocycles. The first-order valence-corrected chi connectivity index (χ1v) is 11.2. The molecule has 148 valence electrons. The lowest BCUT2D eigenvalue weighted by molar-refractivity contribution is -0.890. The second-order valence-electron chi connectivity index (χ2n) is 7.56. The standard InChI is InChI=1S/C24H24N2O2S/c1-26(2)24(23-13-7-11-19-9-5-6-12-22(19)23)17-25-29(27,28)21-15-14-18-8-3-4-10-20(18)16-21/h3-16,24-25H,17H2,1-2H3/p+1/t24-/m0/s1. The van der Waals surface area contributed by atoms with Crippen molar-refractivity contribution in [2.45, 2.75) is 10.9 Å². The molecule has 0 saturated heterocycles. The topological polar surface area (TPSA) is 50.6 Å². The summed E-state index contributed by atoms with van der Waals surface area (Å²) in [6.45, 7) is 0.325. The predicted octanol–water partition coefficient (Wildman–Crippen LogP) is 3.16. The van der Waals surface area contributed by atoms with Crippen LogP contribution in [0.15, 0.2) is 89.8 Å². The van der Waals surface area contributed by atoms with Crippen LogP contribution in [0.3, 0.4) is 0 Å². The summed E-state index contributed by atoms with van der Waals surface area (Å²) in [7, 11) is 0.500. The lowest BCUT2D eigenvalue weighted by Gasteiger charge is -2.23. The largest absolute Gasteiger partial charge is 0.333 e. The summed E-state index contributed by atoms with van der Waals surface area (Å²) in [5, 5.41) is 4.26. The molecule has 0 aliphatic carbocycles. The van der Waals surface area contributed by atoms with Crippen molar-refractivity contribution in [3.63, 3.8) is 0 Å². The summed E-state index contributed by atoms with van der Waals surface area (Å²) in [5.41, 5.74) is 1.14. The molecule has 1 atom stereocenters. The summed E-state index contributed by atoms with van der Waals surface area (Å²) in [5.74, 6) is 0. The van der Waals surface area contributed by atoms with E-state index in [0.717, 1.165) is 27.1 Å². The first-order valence-electron chi connectivity index (χ1n) is 9.72. The first-order chi connectivity index (χ1) is 14.0. The molecule has 0 amide bonds. The first kappa shape index (κ1) is 19.6. The predicted molar refractivity (Wildman–Crippen MR) is 119 cm³/mol. The van der Waals surface area contributed by atoms with Crippen molar-refractivity contribution in [2.24, 2.45) is 0 Å². The van der Waals surface area contributed by atoms with Crippen LogP contribution in [-0.2, 0) is 10.0 Å². The van der Waals surface area contributed by atoms with Gasteiger partial charge in [-0.1, -0.05) is 72.8 Å². The van der Waals surface area contributed by atoms with E-state index >= 15 is 0 Å². The van der Waals surface area contributed by atoms with Crippen molar-refractivity contribution in [2.75, 3.05) is 20.6 Å². The molecular weight excluding hydrogens is 380 g/mol. The van der Waals surface area contributed by atoms with Crippen molar-refractivity contribution < 1.29 is 13.3 Å². The maximum Gasteiger partial charge on any atom is 0.240 e. The normalized spacial score (nSPS) is 13.2. The van der Waals surface area contributed by atoms with Gasteiger partial charge in [0.1, 0.15) is 6.04 Å². The second kappa shape index (κ2) is 7.95. The Kier molecular flexibility index (Phi) is 5.37. The van der Waals surface area contributed by atoms with Crippen LogP contribution in [0.5, 0.6) is 0 Å². The fraction of sp³-hybridized carbons (Fsp3) is 0.167. The van der Waals surface area contributed by atoms with Gasteiger partial charge in [0.15, 0.2) is 0 Å². The zero-order valence-corrected chi connectivity index (χ0v) is 17.4. The molecule has 5 heteroatoms. The van der Waals surface area contributed by atoms with Crippen LogP contribution >= 0.6 is 0 Å².